The molecule has 0 bridgehead atoms. The SMILES string of the molecule is Cc1noc(C[CH]c2cccc(-c3ccc(C(F)(F)F)cc3)c2)n1. The standard InChI is InChI=1S/C18H14F3N2O/c1-12-22-17(24-23-12)10-5-13-3-2-4-15(11-13)14-6-8-16(9-7-14)18(19,20)21/h2-9,11H,10H2,1H3. The Morgan fingerprint density at radius 2 is 1.79 bits per heavy atom. The molecule has 0 aliphatic carbocycles. The predicted molar refractivity (Wildman–Crippen MR) is 83.0 cm³/mol. The van der Waals surface area contributed by atoms with Crippen LogP contribution in [0.25, 0.3) is 11.1 Å². The number of hydrogen-bond donors (Lipinski definition) is 0. The molecule has 1 aromatic heterocycles. The zero-order valence-electron chi connectivity index (χ0n) is 12.8. The molecule has 1 heterocycles. The predicted octanol–water partition coefficient (Wildman–Crippen LogP) is 4.86. The molecule has 3 nitrogen and oxygen atoms in total. The summed E-state index contributed by atoms with van der Waals surface area (Å²) in [7, 11) is 0. The van der Waals surface area contributed by atoms with E-state index in [1.807, 2.05) is 30.7 Å². The Hall–Kier alpha value is -2.63. The average molecular weight is 331 g/mol. The van der Waals surface area contributed by atoms with Crippen molar-refractivity contribution in [1.29, 1.82) is 0 Å². The molecular formula is C18H14F3N2O. The zero-order chi connectivity index (χ0) is 17.2. The maximum absolute atomic E-state index is 12.6. The Morgan fingerprint density at radius 1 is 1.04 bits per heavy atom. The van der Waals surface area contributed by atoms with Gasteiger partial charge in [-0.2, -0.15) is 18.2 Å². The molecule has 0 aliphatic heterocycles. The van der Waals surface area contributed by atoms with Crippen molar-refractivity contribution in [1.82, 2.24) is 10.1 Å². The van der Waals surface area contributed by atoms with E-state index in [1.54, 1.807) is 6.92 Å². The van der Waals surface area contributed by atoms with Gasteiger partial charge in [0.1, 0.15) is 0 Å². The van der Waals surface area contributed by atoms with Crippen LogP contribution in [0.3, 0.4) is 0 Å². The Labute approximate surface area is 137 Å². The first-order valence-corrected chi connectivity index (χ1v) is 7.32. The summed E-state index contributed by atoms with van der Waals surface area (Å²) in [5.74, 6) is 1.10. The van der Waals surface area contributed by atoms with Crippen molar-refractivity contribution in [3.8, 4) is 11.1 Å². The summed E-state index contributed by atoms with van der Waals surface area (Å²) in [6.45, 7) is 1.75. The number of hydrogen-bond acceptors (Lipinski definition) is 3. The van der Waals surface area contributed by atoms with E-state index in [9.17, 15) is 13.2 Å². The van der Waals surface area contributed by atoms with E-state index in [1.165, 1.54) is 12.1 Å². The fourth-order valence-electron chi connectivity index (χ4n) is 2.32. The lowest BCUT2D eigenvalue weighted by atomic mass is 10.00. The van der Waals surface area contributed by atoms with Gasteiger partial charge in [0, 0.05) is 12.8 Å². The minimum absolute atomic E-state index is 0.497. The smallest absolute Gasteiger partial charge is 0.339 e. The number of benzene rings is 2. The molecule has 0 spiro atoms. The maximum atomic E-state index is 12.6. The van der Waals surface area contributed by atoms with Crippen LogP contribution >= 0.6 is 0 Å². The molecule has 6 heteroatoms. The van der Waals surface area contributed by atoms with Crippen molar-refractivity contribution in [2.75, 3.05) is 0 Å². The van der Waals surface area contributed by atoms with Gasteiger partial charge in [-0.15, -0.1) is 0 Å². The number of aromatic nitrogens is 2. The highest BCUT2D eigenvalue weighted by Crippen LogP contribution is 2.31. The van der Waals surface area contributed by atoms with Crippen molar-refractivity contribution in [2.24, 2.45) is 0 Å². The lowest BCUT2D eigenvalue weighted by Crippen LogP contribution is -2.03. The summed E-state index contributed by atoms with van der Waals surface area (Å²) in [4.78, 5) is 4.12. The summed E-state index contributed by atoms with van der Waals surface area (Å²) < 4.78 is 42.9. The highest BCUT2D eigenvalue weighted by Gasteiger charge is 2.29. The van der Waals surface area contributed by atoms with Crippen molar-refractivity contribution in [3.63, 3.8) is 0 Å². The van der Waals surface area contributed by atoms with Crippen LogP contribution in [0.4, 0.5) is 13.2 Å². The molecule has 3 rings (SSSR count). The molecule has 0 fully saturated rings. The molecule has 0 aliphatic rings. The number of alkyl halides is 3. The zero-order valence-corrected chi connectivity index (χ0v) is 12.8. The van der Waals surface area contributed by atoms with Crippen LogP contribution in [0.5, 0.6) is 0 Å². The second kappa shape index (κ2) is 6.47. The van der Waals surface area contributed by atoms with Crippen LogP contribution in [0.1, 0.15) is 22.8 Å². The fourth-order valence-corrected chi connectivity index (χ4v) is 2.32. The molecule has 2 aromatic carbocycles. The molecule has 0 saturated heterocycles. The van der Waals surface area contributed by atoms with Crippen LogP contribution in [0.2, 0.25) is 0 Å². The maximum Gasteiger partial charge on any atom is 0.416 e. The summed E-state index contributed by atoms with van der Waals surface area (Å²) in [5, 5.41) is 3.72. The summed E-state index contributed by atoms with van der Waals surface area (Å²) in [6, 6.07) is 12.7. The number of rotatable bonds is 4. The average Bonchev–Trinajstić information content (AvgIpc) is 2.98. The molecule has 0 saturated carbocycles. The minimum Gasteiger partial charge on any atom is -0.339 e. The normalized spacial score (nSPS) is 11.7. The number of nitrogens with zero attached hydrogens (tertiary/aromatic N) is 2. The van der Waals surface area contributed by atoms with Gasteiger partial charge in [-0.05, 0) is 35.7 Å². The third kappa shape index (κ3) is 3.82. The number of halogens is 3. The molecule has 1 radical (unpaired) electrons. The first kappa shape index (κ1) is 16.2. The van der Waals surface area contributed by atoms with Gasteiger partial charge in [0.2, 0.25) is 5.89 Å². The van der Waals surface area contributed by atoms with Crippen LogP contribution < -0.4 is 0 Å². The van der Waals surface area contributed by atoms with Gasteiger partial charge in [-0.1, -0.05) is 41.6 Å². The van der Waals surface area contributed by atoms with Crippen LogP contribution in [-0.2, 0) is 12.6 Å². The van der Waals surface area contributed by atoms with E-state index in [0.29, 0.717) is 18.1 Å². The van der Waals surface area contributed by atoms with Gasteiger partial charge in [0.05, 0.1) is 5.56 Å². The van der Waals surface area contributed by atoms with Gasteiger partial charge in [0.15, 0.2) is 5.82 Å². The molecule has 24 heavy (non-hydrogen) atoms. The highest BCUT2D eigenvalue weighted by molar-refractivity contribution is 5.65. The van der Waals surface area contributed by atoms with Crippen molar-refractivity contribution in [3.05, 3.63) is 77.8 Å². The Morgan fingerprint density at radius 3 is 2.42 bits per heavy atom. The van der Waals surface area contributed by atoms with Crippen LogP contribution in [0.15, 0.2) is 53.1 Å². The van der Waals surface area contributed by atoms with Gasteiger partial charge >= 0.3 is 6.18 Å². The Balaban J connectivity index is 1.75. The first-order chi connectivity index (χ1) is 11.4. The summed E-state index contributed by atoms with van der Waals surface area (Å²) in [5.41, 5.74) is 1.86. The van der Waals surface area contributed by atoms with E-state index >= 15 is 0 Å². The van der Waals surface area contributed by atoms with E-state index in [4.69, 9.17) is 4.52 Å². The molecular weight excluding hydrogens is 317 g/mol. The van der Waals surface area contributed by atoms with E-state index in [-0.39, 0.29) is 0 Å². The quantitative estimate of drug-likeness (QED) is 0.685. The second-order valence-corrected chi connectivity index (χ2v) is 5.34. The summed E-state index contributed by atoms with van der Waals surface area (Å²) >= 11 is 0. The van der Waals surface area contributed by atoms with Crippen molar-refractivity contribution >= 4 is 0 Å². The first-order valence-electron chi connectivity index (χ1n) is 7.32. The topological polar surface area (TPSA) is 38.9 Å². The van der Waals surface area contributed by atoms with Gasteiger partial charge in [-0.25, -0.2) is 0 Å². The monoisotopic (exact) mass is 331 g/mol. The molecule has 0 N–H and O–H groups in total. The molecule has 3 aromatic rings. The van der Waals surface area contributed by atoms with Gasteiger partial charge in [0.25, 0.3) is 0 Å². The third-order valence-electron chi connectivity index (χ3n) is 3.51. The van der Waals surface area contributed by atoms with Gasteiger partial charge < -0.3 is 4.52 Å². The van der Waals surface area contributed by atoms with Crippen molar-refractivity contribution < 1.29 is 17.7 Å². The number of aryl methyl sites for hydroxylation is 1. The highest BCUT2D eigenvalue weighted by atomic mass is 19.4. The van der Waals surface area contributed by atoms with Crippen LogP contribution in [-0.4, -0.2) is 10.1 Å². The van der Waals surface area contributed by atoms with Crippen LogP contribution in [0, 0.1) is 13.3 Å². The lowest BCUT2D eigenvalue weighted by molar-refractivity contribution is -0.137. The second-order valence-electron chi connectivity index (χ2n) is 5.34. The molecule has 0 unspecified atom stereocenters. The van der Waals surface area contributed by atoms with E-state index in [2.05, 4.69) is 10.1 Å². The van der Waals surface area contributed by atoms with Crippen molar-refractivity contribution in [2.45, 2.75) is 19.5 Å². The molecule has 0 atom stereocenters. The minimum atomic E-state index is -4.32. The third-order valence-corrected chi connectivity index (χ3v) is 3.51. The Kier molecular flexibility index (Phi) is 4.38. The van der Waals surface area contributed by atoms with E-state index < -0.39 is 11.7 Å². The Bertz CT molecular complexity index is 823. The lowest BCUT2D eigenvalue weighted by Gasteiger charge is -2.08. The molecule has 0 amide bonds. The van der Waals surface area contributed by atoms with E-state index in [0.717, 1.165) is 28.8 Å². The molecule has 123 valence electrons. The van der Waals surface area contributed by atoms with Gasteiger partial charge in [-0.3, -0.25) is 0 Å². The summed E-state index contributed by atoms with van der Waals surface area (Å²) in [6.07, 6.45) is -1.89. The largest absolute Gasteiger partial charge is 0.416 e. The fraction of sp³-hybridized carbons (Fsp3) is 0.167.